The summed E-state index contributed by atoms with van der Waals surface area (Å²) in [5.74, 6) is -11.2. The van der Waals surface area contributed by atoms with Gasteiger partial charge in [-0.15, -0.1) is 0 Å². The van der Waals surface area contributed by atoms with E-state index in [0.29, 0.717) is 0 Å². The fourth-order valence-corrected chi connectivity index (χ4v) is 2.35. The first-order valence-corrected chi connectivity index (χ1v) is 7.91. The van der Waals surface area contributed by atoms with E-state index in [4.69, 9.17) is 26.2 Å². The molecule has 4 nitrogen and oxygen atoms in total. The summed E-state index contributed by atoms with van der Waals surface area (Å²) in [4.78, 5) is 13.9. The molecule has 3 aromatic carbocycles. The Morgan fingerprint density at radius 1 is 1.07 bits per heavy atom. The van der Waals surface area contributed by atoms with Crippen molar-refractivity contribution in [2.75, 3.05) is 4.90 Å². The molecule has 6 heteroatoms. The Hall–Kier alpha value is -3.25. The SMILES string of the molecule is [2H]Oc1c([2H])c([2H])c([C@@]2([2H])N(c3c([2H])c([2H])c(F)c([2H])c3[2H])C(=O)[C@]2([2H])C([2H])([2H])C([2H])([2H])[C@]([2H])(O[2H])c2c([2H])c([2H])c(F)c([2H])c2[2H])c([2H])c1[2H]. The number of halogens is 2. The first-order chi connectivity index (χ1) is 23.2. The zero-order chi connectivity index (χ0) is 39.5. The molecular formula is C24H21F2NO3. The number of anilines is 1. The van der Waals surface area contributed by atoms with E-state index in [1.165, 1.54) is 0 Å². The van der Waals surface area contributed by atoms with Gasteiger partial charge in [0.25, 0.3) is 1.43 Å². The van der Waals surface area contributed by atoms with Crippen molar-refractivity contribution < 1.29 is 49.8 Å². The molecule has 4 rings (SSSR count). The van der Waals surface area contributed by atoms with Crippen molar-refractivity contribution in [3.8, 4) is 5.75 Å². The van der Waals surface area contributed by atoms with Gasteiger partial charge in [0.05, 0.1) is 37.2 Å². The minimum Gasteiger partial charge on any atom is -0.508 e. The quantitative estimate of drug-likeness (QED) is 0.500. The highest BCUT2D eigenvalue weighted by molar-refractivity contribution is 6.03. The van der Waals surface area contributed by atoms with Crippen molar-refractivity contribution >= 4 is 11.6 Å². The van der Waals surface area contributed by atoms with Gasteiger partial charge in [-0.1, -0.05) is 24.2 Å². The third-order valence-electron chi connectivity index (χ3n) is 3.64. The van der Waals surface area contributed by atoms with Crippen LogP contribution in [-0.4, -0.2) is 19.0 Å². The van der Waals surface area contributed by atoms with Gasteiger partial charge in [0.15, 0.2) is 0 Å². The Bertz CT molecular complexity index is 1950. The Labute approximate surface area is 202 Å². The van der Waals surface area contributed by atoms with Gasteiger partial charge in [-0.05, 0) is 72.2 Å². The molecule has 1 amide bonds. The topological polar surface area (TPSA) is 60.8 Å². The Balaban J connectivity index is 2.21. The molecule has 1 aliphatic heterocycles. The fourth-order valence-electron chi connectivity index (χ4n) is 2.35. The van der Waals surface area contributed by atoms with E-state index in [2.05, 4.69) is 10.2 Å². The number of carbonyl (C=O) groups is 1. The van der Waals surface area contributed by atoms with E-state index in [9.17, 15) is 16.3 Å². The molecule has 1 aliphatic rings. The highest BCUT2D eigenvalue weighted by Gasteiger charge is 2.48. The number of phenolic OH excluding ortho intramolecular Hbond substituents is 1. The second kappa shape index (κ2) is 8.24. The summed E-state index contributed by atoms with van der Waals surface area (Å²) >= 11 is 0. The molecule has 1 fully saturated rings. The zero-order valence-corrected chi connectivity index (χ0v) is 14.4. The van der Waals surface area contributed by atoms with Crippen LogP contribution in [0.15, 0.2) is 72.5 Å². The molecule has 0 saturated carbocycles. The number of carbonyl (C=O) groups excluding carboxylic acids is 1. The van der Waals surface area contributed by atoms with Gasteiger partial charge in [-0.3, -0.25) is 4.79 Å². The number of β-lactam (4-membered cyclic amide) rings is 1. The van der Waals surface area contributed by atoms with Crippen LogP contribution in [0.2, 0.25) is 0 Å². The highest BCUT2D eigenvalue weighted by Crippen LogP contribution is 2.46. The maximum absolute atomic E-state index is 14.5. The van der Waals surface area contributed by atoms with Crippen molar-refractivity contribution in [2.45, 2.75) is 24.8 Å². The maximum atomic E-state index is 14.5. The number of aromatic hydroxyl groups is 1. The molecule has 0 aliphatic carbocycles. The molecule has 0 unspecified atom stereocenters. The molecule has 0 bridgehead atoms. The maximum Gasteiger partial charge on any atom is 0.293 e. The largest absolute Gasteiger partial charge is 0.508 e. The van der Waals surface area contributed by atoms with Gasteiger partial charge >= 0.3 is 0 Å². The monoisotopic (exact) mass is 430 g/mol. The number of hydrogen-bond donors (Lipinski definition) is 2. The predicted octanol–water partition coefficient (Wildman–Crippen LogP) is 4.89. The molecule has 1 saturated heterocycles. The number of aliphatic hydroxyl groups is 1. The van der Waals surface area contributed by atoms with Crippen molar-refractivity contribution in [3.05, 3.63) is 95.3 Å². The molecule has 1 heterocycles. The first-order valence-electron chi connectivity index (χ1n) is 18.2. The van der Waals surface area contributed by atoms with Crippen LogP contribution < -0.4 is 4.90 Å². The number of phenols is 1. The van der Waals surface area contributed by atoms with Gasteiger partial charge in [0.2, 0.25) is 7.34 Å². The van der Waals surface area contributed by atoms with Crippen LogP contribution in [0.3, 0.4) is 0 Å². The number of nitrogens with zero attached hydrogens (tertiary/aromatic N) is 1. The molecule has 0 aromatic heterocycles. The molecule has 0 spiro atoms. The average molecular weight is 431 g/mol. The van der Waals surface area contributed by atoms with Crippen LogP contribution in [0, 0.1) is 17.5 Å². The third-order valence-corrected chi connectivity index (χ3v) is 3.64. The standard InChI is InChI=1S/C24H21F2NO3/c25-17-5-1-15(2-6-17)22(29)14-13-21-23(16-3-11-20(28)12-4-16)27(24(21)30)19-9-7-18(26)8-10-19/h1-12,21-23,28-29H,13-14H2/t21-,22+,23-/m1/s1/i1D,2D,3D,4D,5D,6D,7D,8D,9D,10D,11D,12D,13D2,14D2,21D,22D,23D,29D/hD. The minimum absolute atomic E-state index is 0.264. The average Bonchev–Trinajstić information content (AvgIpc) is 3.08. The van der Waals surface area contributed by atoms with E-state index in [1.54, 1.807) is 0 Å². The molecular weight excluding hydrogens is 388 g/mol. The number of benzene rings is 3. The summed E-state index contributed by atoms with van der Waals surface area (Å²) in [6.45, 7) is 0. The normalized spacial score (nSPS) is 36.1. The van der Waals surface area contributed by atoms with Crippen molar-refractivity contribution in [3.63, 3.8) is 0 Å². The molecule has 3 aromatic rings. The van der Waals surface area contributed by atoms with Gasteiger partial charge in [-0.2, -0.15) is 0 Å². The Kier molecular flexibility index (Phi) is 1.89. The number of hydrogen-bond acceptors (Lipinski definition) is 3. The van der Waals surface area contributed by atoms with Crippen LogP contribution in [-0.2, 0) is 4.79 Å². The molecule has 3 atom stereocenters. The van der Waals surface area contributed by atoms with Crippen molar-refractivity contribution in [1.29, 1.82) is 2.86 Å². The van der Waals surface area contributed by atoms with E-state index in [1.807, 2.05) is 0 Å². The van der Waals surface area contributed by atoms with Crippen LogP contribution in [0.1, 0.15) is 62.0 Å². The lowest BCUT2D eigenvalue weighted by Crippen LogP contribution is -2.55. The van der Waals surface area contributed by atoms with Crippen LogP contribution >= 0.6 is 0 Å². The zero-order valence-electron chi connectivity index (χ0n) is 35.4. The summed E-state index contributed by atoms with van der Waals surface area (Å²) in [7, 11) is 0. The van der Waals surface area contributed by atoms with Crippen molar-refractivity contribution in [2.24, 2.45) is 5.89 Å². The van der Waals surface area contributed by atoms with Gasteiger partial charge in [-0.25, -0.2) is 8.78 Å². The summed E-state index contributed by atoms with van der Waals surface area (Å²) in [5, 5.41) is 8.26. The van der Waals surface area contributed by atoms with Crippen LogP contribution in [0.5, 0.6) is 5.75 Å². The summed E-state index contributed by atoms with van der Waals surface area (Å²) in [5.41, 5.74) is -4.54. The predicted molar refractivity (Wildman–Crippen MR) is 109 cm³/mol. The Morgan fingerprint density at radius 3 is 2.30 bits per heavy atom. The Morgan fingerprint density at radius 2 is 1.70 bits per heavy atom. The lowest BCUT2D eigenvalue weighted by Gasteiger charge is -2.48. The second-order valence-electron chi connectivity index (χ2n) is 5.50. The van der Waals surface area contributed by atoms with Crippen molar-refractivity contribution in [1.82, 2.24) is 0 Å². The van der Waals surface area contributed by atoms with E-state index in [0.717, 1.165) is 0 Å². The lowest BCUT2D eigenvalue weighted by atomic mass is 9.78. The number of rotatable bonds is 8. The van der Waals surface area contributed by atoms with Crippen LogP contribution in [0.4, 0.5) is 14.5 Å². The third kappa shape index (κ3) is 3.91. The highest BCUT2D eigenvalue weighted by atomic mass is 19.1. The molecule has 0 radical (unpaired) electrons. The van der Waals surface area contributed by atoms with Gasteiger partial charge in [0, 0.05) is 12.5 Å². The van der Waals surface area contributed by atoms with Crippen LogP contribution in [0.25, 0.3) is 0 Å². The smallest absolute Gasteiger partial charge is 0.293 e. The fraction of sp³-hybridized carbons (Fsp3) is 0.208. The van der Waals surface area contributed by atoms with E-state index >= 15 is 0 Å². The molecule has 30 heavy (non-hydrogen) atoms. The van der Waals surface area contributed by atoms with E-state index in [-0.39, 0.29) is 4.90 Å². The first kappa shape index (κ1) is 6.89. The number of amides is 1. The second-order valence-corrected chi connectivity index (χ2v) is 5.50. The van der Waals surface area contributed by atoms with Gasteiger partial charge < -0.3 is 15.1 Å². The summed E-state index contributed by atoms with van der Waals surface area (Å²) in [6.07, 6.45) is -13.3. The molecule has 2 N–H and O–H groups in total. The summed E-state index contributed by atoms with van der Waals surface area (Å²) in [6, 6.07) is -21.6. The summed E-state index contributed by atoms with van der Waals surface area (Å²) < 4.78 is 203. The van der Waals surface area contributed by atoms with Gasteiger partial charge in [0.1, 0.15) is 17.4 Å². The minimum atomic E-state index is -4.60. The lowest BCUT2D eigenvalue weighted by molar-refractivity contribution is -0.131. The van der Waals surface area contributed by atoms with E-state index < -0.39 is 143 Å². The molecule has 154 valence electrons.